The highest BCUT2D eigenvalue weighted by Gasteiger charge is 2.23. The van der Waals surface area contributed by atoms with Gasteiger partial charge in [-0.2, -0.15) is 5.26 Å². The molecule has 2 atom stereocenters. The van der Waals surface area contributed by atoms with Crippen LogP contribution in [0.15, 0.2) is 29.8 Å². The van der Waals surface area contributed by atoms with Crippen molar-refractivity contribution in [3.8, 4) is 6.07 Å². The fourth-order valence-corrected chi connectivity index (χ4v) is 2.75. The van der Waals surface area contributed by atoms with Crippen molar-refractivity contribution in [1.82, 2.24) is 5.32 Å². The number of hydrogen-bond acceptors (Lipinski definition) is 2. The molecule has 0 aromatic heterocycles. The number of rotatable bonds is 3. The lowest BCUT2D eigenvalue weighted by Crippen LogP contribution is -2.41. The molecule has 3 heteroatoms. The lowest BCUT2D eigenvalue weighted by Gasteiger charge is -2.29. The smallest absolute Gasteiger partial charge is 0.262 e. The summed E-state index contributed by atoms with van der Waals surface area (Å²) in [5, 5.41) is 12.3. The normalized spacial score (nSPS) is 22.4. The van der Waals surface area contributed by atoms with Crippen LogP contribution >= 0.6 is 0 Å². The Labute approximate surface area is 126 Å². The van der Waals surface area contributed by atoms with Gasteiger partial charge in [0.15, 0.2) is 0 Å². The van der Waals surface area contributed by atoms with E-state index in [1.54, 1.807) is 6.08 Å². The Morgan fingerprint density at radius 3 is 2.57 bits per heavy atom. The summed E-state index contributed by atoms with van der Waals surface area (Å²) in [5.41, 5.74) is 2.21. The maximum Gasteiger partial charge on any atom is 0.262 e. The maximum atomic E-state index is 12.3. The van der Waals surface area contributed by atoms with Crippen molar-refractivity contribution in [3.05, 3.63) is 41.0 Å². The molecule has 2 rings (SSSR count). The quantitative estimate of drug-likeness (QED) is 0.680. The fraction of sp³-hybridized carbons (Fsp3) is 0.444. The van der Waals surface area contributed by atoms with Crippen LogP contribution in [0.25, 0.3) is 6.08 Å². The summed E-state index contributed by atoms with van der Waals surface area (Å²) >= 11 is 0. The number of aryl methyl sites for hydroxylation is 1. The highest BCUT2D eigenvalue weighted by Crippen LogP contribution is 2.24. The van der Waals surface area contributed by atoms with Crippen LogP contribution in [-0.4, -0.2) is 11.9 Å². The van der Waals surface area contributed by atoms with Crippen molar-refractivity contribution in [2.45, 2.75) is 45.6 Å². The van der Waals surface area contributed by atoms with Gasteiger partial charge in [0, 0.05) is 6.04 Å². The van der Waals surface area contributed by atoms with E-state index in [-0.39, 0.29) is 17.5 Å². The molecule has 1 fully saturated rings. The van der Waals surface area contributed by atoms with Crippen molar-refractivity contribution < 1.29 is 4.79 Å². The molecule has 3 nitrogen and oxygen atoms in total. The molecule has 1 aromatic carbocycles. The van der Waals surface area contributed by atoms with Gasteiger partial charge in [0.05, 0.1) is 0 Å². The van der Waals surface area contributed by atoms with Gasteiger partial charge in [-0.1, -0.05) is 49.6 Å². The van der Waals surface area contributed by atoms with Crippen LogP contribution < -0.4 is 5.32 Å². The van der Waals surface area contributed by atoms with Gasteiger partial charge in [-0.15, -0.1) is 0 Å². The molecule has 1 saturated carbocycles. The minimum Gasteiger partial charge on any atom is -0.348 e. The van der Waals surface area contributed by atoms with Crippen molar-refractivity contribution in [3.63, 3.8) is 0 Å². The van der Waals surface area contributed by atoms with E-state index >= 15 is 0 Å². The molecule has 1 N–H and O–H groups in total. The molecule has 110 valence electrons. The Hall–Kier alpha value is -2.08. The van der Waals surface area contributed by atoms with Crippen LogP contribution in [0.1, 0.15) is 43.7 Å². The van der Waals surface area contributed by atoms with Crippen molar-refractivity contribution >= 4 is 12.0 Å². The van der Waals surface area contributed by atoms with E-state index in [9.17, 15) is 10.1 Å². The number of amides is 1. The Bertz CT molecular complexity index is 566. The minimum atomic E-state index is -0.253. The van der Waals surface area contributed by atoms with Crippen LogP contribution in [0.5, 0.6) is 0 Å². The van der Waals surface area contributed by atoms with Crippen LogP contribution in [0, 0.1) is 24.2 Å². The number of nitrogens with one attached hydrogen (secondary N) is 1. The van der Waals surface area contributed by atoms with Crippen LogP contribution in [0.4, 0.5) is 0 Å². The van der Waals surface area contributed by atoms with Crippen LogP contribution in [-0.2, 0) is 4.79 Å². The third-order valence-electron chi connectivity index (χ3n) is 4.18. The van der Waals surface area contributed by atoms with E-state index in [4.69, 9.17) is 0 Å². The van der Waals surface area contributed by atoms with Gasteiger partial charge in [-0.05, 0) is 37.3 Å². The number of nitrogens with zero attached hydrogens (tertiary/aromatic N) is 1. The molecule has 1 aliphatic rings. The average molecular weight is 282 g/mol. The lowest BCUT2D eigenvalue weighted by molar-refractivity contribution is -0.118. The number of hydrogen-bond donors (Lipinski definition) is 1. The van der Waals surface area contributed by atoms with Gasteiger partial charge in [-0.25, -0.2) is 0 Å². The second kappa shape index (κ2) is 7.08. The highest BCUT2D eigenvalue weighted by molar-refractivity contribution is 6.01. The molecule has 0 unspecified atom stereocenters. The molecule has 0 aliphatic heterocycles. The second-order valence-electron chi connectivity index (χ2n) is 5.92. The molecular weight excluding hydrogens is 260 g/mol. The van der Waals surface area contributed by atoms with Gasteiger partial charge in [-0.3, -0.25) is 4.79 Å². The summed E-state index contributed by atoms with van der Waals surface area (Å²) < 4.78 is 0. The molecule has 0 heterocycles. The zero-order chi connectivity index (χ0) is 15.2. The van der Waals surface area contributed by atoms with Crippen molar-refractivity contribution in [2.75, 3.05) is 0 Å². The largest absolute Gasteiger partial charge is 0.348 e. The molecule has 1 amide bonds. The predicted molar refractivity (Wildman–Crippen MR) is 84.3 cm³/mol. The minimum absolute atomic E-state index is 0.177. The Morgan fingerprint density at radius 1 is 1.29 bits per heavy atom. The zero-order valence-corrected chi connectivity index (χ0v) is 12.7. The Morgan fingerprint density at radius 2 is 1.95 bits per heavy atom. The van der Waals surface area contributed by atoms with Gasteiger partial charge >= 0.3 is 0 Å². The summed E-state index contributed by atoms with van der Waals surface area (Å²) in [4.78, 5) is 12.3. The average Bonchev–Trinajstić information content (AvgIpc) is 2.49. The summed E-state index contributed by atoms with van der Waals surface area (Å²) in [6.45, 7) is 4.18. The third kappa shape index (κ3) is 4.19. The maximum absolute atomic E-state index is 12.3. The van der Waals surface area contributed by atoms with E-state index in [2.05, 4.69) is 12.2 Å². The van der Waals surface area contributed by atoms with Gasteiger partial charge in [0.25, 0.3) is 5.91 Å². The predicted octanol–water partition coefficient (Wildman–Crippen LogP) is 3.60. The summed E-state index contributed by atoms with van der Waals surface area (Å²) in [6, 6.07) is 10.0. The van der Waals surface area contributed by atoms with Crippen LogP contribution in [0.2, 0.25) is 0 Å². The van der Waals surface area contributed by atoms with E-state index < -0.39 is 0 Å². The first-order valence-electron chi connectivity index (χ1n) is 7.59. The lowest BCUT2D eigenvalue weighted by atomic mass is 9.86. The molecule has 21 heavy (non-hydrogen) atoms. The number of carbonyl (C=O) groups excluding carboxylic acids is 1. The van der Waals surface area contributed by atoms with Gasteiger partial charge in [0.1, 0.15) is 11.6 Å². The Balaban J connectivity index is 2.08. The topological polar surface area (TPSA) is 52.9 Å². The number of nitriles is 1. The standard InChI is InChI=1S/C18H22N2O/c1-13-7-9-15(10-8-13)11-16(12-19)18(21)20-17-6-4-3-5-14(17)2/h7-11,14,17H,3-6H2,1-2H3,(H,20,21)/b16-11+/t14-,17-/m1/s1. The van der Waals surface area contributed by atoms with Gasteiger partial charge in [0.2, 0.25) is 0 Å². The first-order valence-corrected chi connectivity index (χ1v) is 7.59. The zero-order valence-electron chi connectivity index (χ0n) is 12.7. The summed E-state index contributed by atoms with van der Waals surface area (Å²) in [5.74, 6) is 0.235. The SMILES string of the molecule is Cc1ccc(/C=C(\C#N)C(=O)N[C@@H]2CCCC[C@H]2C)cc1. The molecular formula is C18H22N2O. The van der Waals surface area contributed by atoms with Crippen molar-refractivity contribution in [1.29, 1.82) is 5.26 Å². The first-order chi connectivity index (χ1) is 10.1. The molecule has 0 radical (unpaired) electrons. The second-order valence-corrected chi connectivity index (χ2v) is 5.92. The number of carbonyl (C=O) groups is 1. The fourth-order valence-electron chi connectivity index (χ4n) is 2.75. The van der Waals surface area contributed by atoms with E-state index in [0.29, 0.717) is 5.92 Å². The summed E-state index contributed by atoms with van der Waals surface area (Å²) in [7, 11) is 0. The summed E-state index contributed by atoms with van der Waals surface area (Å²) in [6.07, 6.45) is 6.20. The molecule has 0 bridgehead atoms. The monoisotopic (exact) mass is 282 g/mol. The van der Waals surface area contributed by atoms with Gasteiger partial charge < -0.3 is 5.32 Å². The third-order valence-corrected chi connectivity index (χ3v) is 4.18. The van der Waals surface area contributed by atoms with E-state index in [1.165, 1.54) is 6.42 Å². The van der Waals surface area contributed by atoms with Crippen molar-refractivity contribution in [2.24, 2.45) is 5.92 Å². The Kier molecular flexibility index (Phi) is 5.16. The highest BCUT2D eigenvalue weighted by atomic mass is 16.1. The van der Waals surface area contributed by atoms with E-state index in [0.717, 1.165) is 30.4 Å². The molecule has 0 spiro atoms. The first kappa shape index (κ1) is 15.3. The number of benzene rings is 1. The molecule has 0 saturated heterocycles. The van der Waals surface area contributed by atoms with Crippen LogP contribution in [0.3, 0.4) is 0 Å². The van der Waals surface area contributed by atoms with E-state index in [1.807, 2.05) is 37.3 Å². The molecule has 1 aromatic rings. The molecule has 1 aliphatic carbocycles.